The van der Waals surface area contributed by atoms with Crippen molar-refractivity contribution in [3.63, 3.8) is 0 Å². The van der Waals surface area contributed by atoms with Gasteiger partial charge in [0.25, 0.3) is 0 Å². The van der Waals surface area contributed by atoms with Crippen LogP contribution < -0.4 is 0 Å². The van der Waals surface area contributed by atoms with Gasteiger partial charge in [0.05, 0.1) is 19.3 Å². The molecule has 1 unspecified atom stereocenters. The molecule has 8 heteroatoms. The third-order valence-corrected chi connectivity index (χ3v) is 20.7. The molecule has 0 radical (unpaired) electrons. The van der Waals surface area contributed by atoms with Gasteiger partial charge in [-0.1, -0.05) is 85.6 Å². The second-order valence-electron chi connectivity index (χ2n) is 17.2. The molecule has 0 aromatic rings. The molecule has 0 aliphatic heterocycles. The molecule has 0 spiro atoms. The maximum absolute atomic E-state index is 12.3. The highest BCUT2D eigenvalue weighted by atomic mass is 28.4. The topological polar surface area (TPSA) is 71.1 Å². The summed E-state index contributed by atoms with van der Waals surface area (Å²) in [5.41, 5.74) is 0.272. The first kappa shape index (κ1) is 40.9. The highest BCUT2D eigenvalue weighted by Gasteiger charge is 2.50. The summed E-state index contributed by atoms with van der Waals surface area (Å²) in [6.07, 6.45) is 19.8. The van der Waals surface area contributed by atoms with Gasteiger partial charge in [-0.25, -0.2) is 0 Å². The van der Waals surface area contributed by atoms with E-state index in [1.165, 1.54) is 46.1 Å². The van der Waals surface area contributed by atoms with Crippen molar-refractivity contribution in [1.29, 1.82) is 0 Å². The third kappa shape index (κ3) is 11.2. The van der Waals surface area contributed by atoms with E-state index >= 15 is 0 Å². The predicted molar refractivity (Wildman–Crippen MR) is 196 cm³/mol. The Morgan fingerprint density at radius 3 is 2.07 bits per heavy atom. The molecule has 0 heterocycles. The van der Waals surface area contributed by atoms with Crippen molar-refractivity contribution in [3.8, 4) is 0 Å². The lowest BCUT2D eigenvalue weighted by atomic mass is 9.62. The largest absolute Gasteiger partial charge is 0.469 e. The van der Waals surface area contributed by atoms with Gasteiger partial charge < -0.3 is 18.3 Å². The van der Waals surface area contributed by atoms with Crippen molar-refractivity contribution < 1.29 is 27.9 Å². The lowest BCUT2D eigenvalue weighted by Crippen LogP contribution is -2.51. The van der Waals surface area contributed by atoms with E-state index in [1.807, 2.05) is 0 Å². The van der Waals surface area contributed by atoms with Crippen molar-refractivity contribution in [2.75, 3.05) is 7.11 Å². The van der Waals surface area contributed by atoms with Crippen LogP contribution in [-0.4, -0.2) is 54.0 Å². The zero-order chi connectivity index (χ0) is 35.0. The first-order valence-electron chi connectivity index (χ1n) is 18.1. The Balaban J connectivity index is 2.41. The number of rotatable bonds is 17. The van der Waals surface area contributed by atoms with Crippen LogP contribution in [0.2, 0.25) is 36.3 Å². The highest BCUT2D eigenvalue weighted by molar-refractivity contribution is 6.74. The number of ether oxygens (including phenoxy) is 2. The Morgan fingerprint density at radius 1 is 0.935 bits per heavy atom. The number of allylic oxidation sites excluding steroid dienone is 2. The van der Waals surface area contributed by atoms with Gasteiger partial charge in [0, 0.05) is 31.6 Å². The molecule has 2 aliphatic carbocycles. The van der Waals surface area contributed by atoms with Gasteiger partial charge in [0.1, 0.15) is 6.10 Å². The van der Waals surface area contributed by atoms with E-state index in [4.69, 9.17) is 18.3 Å². The van der Waals surface area contributed by atoms with Crippen molar-refractivity contribution in [2.24, 2.45) is 17.3 Å². The van der Waals surface area contributed by atoms with Gasteiger partial charge in [-0.05, 0) is 86.6 Å². The molecule has 2 rings (SSSR count). The Labute approximate surface area is 285 Å². The van der Waals surface area contributed by atoms with Crippen LogP contribution in [0.5, 0.6) is 0 Å². The second-order valence-corrected chi connectivity index (χ2v) is 26.7. The summed E-state index contributed by atoms with van der Waals surface area (Å²) in [6.45, 7) is 27.1. The summed E-state index contributed by atoms with van der Waals surface area (Å²) in [6, 6.07) is 0. The Kier molecular flexibility index (Phi) is 15.1. The normalized spacial score (nSPS) is 24.7. The van der Waals surface area contributed by atoms with E-state index in [0.29, 0.717) is 12.8 Å². The lowest BCUT2D eigenvalue weighted by molar-refractivity contribution is -0.148. The lowest BCUT2D eigenvalue weighted by Gasteiger charge is -2.51. The van der Waals surface area contributed by atoms with Crippen LogP contribution in [0.15, 0.2) is 24.3 Å². The molecule has 0 saturated heterocycles. The standard InChI is InChI=1S/C38H70O6Si2/c1-14-25-38(26-20-27-38)34(44-46(12,13)37(6,7)8)23-19-22-31-30(21-17-15-16-18-24-35(40)41-9)32(42-29(2)39)28-33(31)43-45(10,11)36(3,4)5/h15,17,19,22,30-34H,14,16,18,20-21,23-28H2,1-13H3/b17-15-,22-19+/t30-,31-,32+,33-,34?/m1/s1. The summed E-state index contributed by atoms with van der Waals surface area (Å²) < 4.78 is 25.2. The summed E-state index contributed by atoms with van der Waals surface area (Å²) in [7, 11) is -2.62. The molecule has 0 aromatic carbocycles. The fourth-order valence-corrected chi connectivity index (χ4v) is 9.48. The van der Waals surface area contributed by atoms with Gasteiger partial charge in [-0.3, -0.25) is 9.59 Å². The first-order valence-corrected chi connectivity index (χ1v) is 23.9. The number of hydrogen-bond donors (Lipinski definition) is 0. The van der Waals surface area contributed by atoms with Crippen LogP contribution >= 0.6 is 0 Å². The van der Waals surface area contributed by atoms with Crippen LogP contribution in [0.4, 0.5) is 0 Å². The van der Waals surface area contributed by atoms with E-state index in [1.54, 1.807) is 0 Å². The maximum Gasteiger partial charge on any atom is 0.305 e. The molecule has 5 atom stereocenters. The highest BCUT2D eigenvalue weighted by Crippen LogP contribution is 2.52. The predicted octanol–water partition coefficient (Wildman–Crippen LogP) is 10.5. The van der Waals surface area contributed by atoms with Gasteiger partial charge in [-0.15, -0.1) is 0 Å². The van der Waals surface area contributed by atoms with Crippen LogP contribution in [0.25, 0.3) is 0 Å². The fourth-order valence-electron chi connectivity index (χ4n) is 6.70. The fraction of sp³-hybridized carbons (Fsp3) is 0.842. The number of hydrogen-bond acceptors (Lipinski definition) is 6. The van der Waals surface area contributed by atoms with Gasteiger partial charge in [0.15, 0.2) is 16.6 Å². The van der Waals surface area contributed by atoms with Crippen molar-refractivity contribution >= 4 is 28.6 Å². The van der Waals surface area contributed by atoms with Crippen LogP contribution in [0.3, 0.4) is 0 Å². The number of esters is 2. The van der Waals surface area contributed by atoms with Gasteiger partial charge in [0.2, 0.25) is 0 Å². The summed E-state index contributed by atoms with van der Waals surface area (Å²) >= 11 is 0. The summed E-state index contributed by atoms with van der Waals surface area (Å²) in [5.74, 6) is -0.148. The molecule has 0 bridgehead atoms. The molecule has 46 heavy (non-hydrogen) atoms. The van der Waals surface area contributed by atoms with E-state index in [2.05, 4.69) is 99.0 Å². The van der Waals surface area contributed by atoms with E-state index in [0.717, 1.165) is 25.7 Å². The van der Waals surface area contributed by atoms with Crippen molar-refractivity contribution in [1.82, 2.24) is 0 Å². The van der Waals surface area contributed by atoms with E-state index < -0.39 is 16.6 Å². The molecule has 2 saturated carbocycles. The van der Waals surface area contributed by atoms with Crippen LogP contribution in [0.1, 0.15) is 126 Å². The minimum atomic E-state index is -2.08. The Morgan fingerprint density at radius 2 is 1.57 bits per heavy atom. The second kappa shape index (κ2) is 16.9. The zero-order valence-corrected chi connectivity index (χ0v) is 33.9. The number of methoxy groups -OCH3 is 1. The van der Waals surface area contributed by atoms with Crippen molar-refractivity contribution in [2.45, 2.75) is 181 Å². The Bertz CT molecular complexity index is 1030. The number of carbonyl (C=O) groups is 2. The molecule has 0 amide bonds. The van der Waals surface area contributed by atoms with E-state index in [9.17, 15) is 9.59 Å². The van der Waals surface area contributed by atoms with Crippen LogP contribution in [-0.2, 0) is 27.9 Å². The third-order valence-electron chi connectivity index (χ3n) is 11.7. The maximum atomic E-state index is 12.3. The average molecular weight is 679 g/mol. The summed E-state index contributed by atoms with van der Waals surface area (Å²) in [5, 5.41) is 0.236. The molecule has 2 aliphatic rings. The molecular formula is C38H70O6Si2. The minimum absolute atomic E-state index is 0.00715. The van der Waals surface area contributed by atoms with Gasteiger partial charge in [-0.2, -0.15) is 0 Å². The number of carbonyl (C=O) groups excluding carboxylic acids is 2. The van der Waals surface area contributed by atoms with E-state index in [-0.39, 0.29) is 57.6 Å². The quantitative estimate of drug-likeness (QED) is 0.0660. The van der Waals surface area contributed by atoms with Crippen molar-refractivity contribution in [3.05, 3.63) is 24.3 Å². The summed E-state index contributed by atoms with van der Waals surface area (Å²) in [4.78, 5) is 23.8. The molecule has 0 N–H and O–H groups in total. The molecular weight excluding hydrogens is 609 g/mol. The molecule has 2 fully saturated rings. The molecule has 266 valence electrons. The zero-order valence-electron chi connectivity index (χ0n) is 31.9. The monoisotopic (exact) mass is 678 g/mol. The average Bonchev–Trinajstić information content (AvgIpc) is 3.20. The first-order chi connectivity index (χ1) is 21.2. The Hall–Kier alpha value is -1.23. The minimum Gasteiger partial charge on any atom is -0.469 e. The van der Waals surface area contributed by atoms with Crippen LogP contribution in [0, 0.1) is 17.3 Å². The smallest absolute Gasteiger partial charge is 0.305 e. The number of unbranched alkanes of at least 4 members (excludes halogenated alkanes) is 1. The van der Waals surface area contributed by atoms with Gasteiger partial charge >= 0.3 is 11.9 Å². The molecule has 6 nitrogen and oxygen atoms in total. The molecule has 0 aromatic heterocycles. The SMILES string of the molecule is CCCC1(C(C/C=C/[C@@H]2[C@@H](C/C=C\CCCC(=O)OC)[C@@H](OC(C)=O)C[C@H]2O[Si](C)(C)C(C)(C)C)O[Si](C)(C)C(C)(C)C)CCC1.